The normalized spacial score (nSPS) is 23.8. The molecule has 1 aromatic rings. The highest BCUT2D eigenvalue weighted by Gasteiger charge is 2.17. The van der Waals surface area contributed by atoms with E-state index < -0.39 is 0 Å². The Morgan fingerprint density at radius 2 is 2.35 bits per heavy atom. The fourth-order valence-electron chi connectivity index (χ4n) is 3.15. The van der Waals surface area contributed by atoms with E-state index in [1.165, 1.54) is 62.1 Å². The summed E-state index contributed by atoms with van der Waals surface area (Å²) in [6.07, 6.45) is 5.14. The van der Waals surface area contributed by atoms with Gasteiger partial charge in [0, 0.05) is 19.3 Å². The zero-order chi connectivity index (χ0) is 11.7. The van der Waals surface area contributed by atoms with Crippen LogP contribution in [-0.2, 0) is 12.8 Å². The van der Waals surface area contributed by atoms with Crippen LogP contribution in [0.5, 0.6) is 0 Å². The van der Waals surface area contributed by atoms with Crippen molar-refractivity contribution in [1.29, 1.82) is 0 Å². The highest BCUT2D eigenvalue weighted by Crippen LogP contribution is 2.28. The van der Waals surface area contributed by atoms with Crippen LogP contribution in [0.25, 0.3) is 0 Å². The molecule has 0 aliphatic carbocycles. The van der Waals surface area contributed by atoms with Gasteiger partial charge < -0.3 is 10.2 Å². The summed E-state index contributed by atoms with van der Waals surface area (Å²) < 4.78 is 0. The van der Waals surface area contributed by atoms with Crippen LogP contribution in [0.3, 0.4) is 0 Å². The summed E-state index contributed by atoms with van der Waals surface area (Å²) in [5, 5.41) is 3.45. The molecule has 17 heavy (non-hydrogen) atoms. The molecule has 2 heteroatoms. The predicted molar refractivity (Wildman–Crippen MR) is 72.7 cm³/mol. The molecule has 0 saturated carbocycles. The van der Waals surface area contributed by atoms with E-state index in [1.807, 2.05) is 0 Å². The van der Waals surface area contributed by atoms with Gasteiger partial charge in [-0.2, -0.15) is 0 Å². The predicted octanol–water partition coefficient (Wildman–Crippen LogP) is 2.22. The lowest BCUT2D eigenvalue weighted by molar-refractivity contribution is 0.579. The molecule has 2 aliphatic rings. The quantitative estimate of drug-likeness (QED) is 0.838. The lowest BCUT2D eigenvalue weighted by Crippen LogP contribution is -2.24. The fourth-order valence-corrected chi connectivity index (χ4v) is 3.15. The minimum absolute atomic E-state index is 0.849. The molecule has 0 radical (unpaired) electrons. The lowest BCUT2D eigenvalue weighted by atomic mass is 9.94. The molecule has 1 aromatic carbocycles. The Morgan fingerprint density at radius 3 is 3.18 bits per heavy atom. The van der Waals surface area contributed by atoms with Gasteiger partial charge in [-0.25, -0.2) is 0 Å². The molecule has 1 saturated heterocycles. The third kappa shape index (κ3) is 2.32. The third-order valence-corrected chi connectivity index (χ3v) is 4.19. The maximum Gasteiger partial charge on any atom is 0.0398 e. The molecule has 2 heterocycles. The molecule has 1 fully saturated rings. The number of anilines is 1. The van der Waals surface area contributed by atoms with Gasteiger partial charge >= 0.3 is 0 Å². The highest BCUT2D eigenvalue weighted by molar-refractivity contribution is 5.56. The number of benzene rings is 1. The molecule has 3 rings (SSSR count). The SMILES string of the molecule is CN1CCCc2ccc(CC3CCNC3)cc21. The summed E-state index contributed by atoms with van der Waals surface area (Å²) in [5.41, 5.74) is 4.53. The van der Waals surface area contributed by atoms with Crippen molar-refractivity contribution in [2.75, 3.05) is 31.6 Å². The van der Waals surface area contributed by atoms with E-state index in [0.717, 1.165) is 5.92 Å². The topological polar surface area (TPSA) is 15.3 Å². The monoisotopic (exact) mass is 230 g/mol. The number of aryl methyl sites for hydroxylation is 1. The molecular formula is C15H22N2. The standard InChI is InChI=1S/C15H22N2/c1-17-8-2-3-14-5-4-12(10-15(14)17)9-13-6-7-16-11-13/h4-5,10,13,16H,2-3,6-9,11H2,1H3. The first-order chi connectivity index (χ1) is 8.33. The molecule has 0 bridgehead atoms. The smallest absolute Gasteiger partial charge is 0.0398 e. The van der Waals surface area contributed by atoms with Crippen LogP contribution in [-0.4, -0.2) is 26.7 Å². The maximum absolute atomic E-state index is 3.45. The first-order valence-corrected chi connectivity index (χ1v) is 6.86. The van der Waals surface area contributed by atoms with E-state index in [0.29, 0.717) is 0 Å². The molecule has 1 atom stereocenters. The van der Waals surface area contributed by atoms with E-state index in [2.05, 4.69) is 35.5 Å². The summed E-state index contributed by atoms with van der Waals surface area (Å²) in [7, 11) is 2.22. The Labute approximate surface area is 104 Å². The third-order valence-electron chi connectivity index (χ3n) is 4.19. The largest absolute Gasteiger partial charge is 0.374 e. The van der Waals surface area contributed by atoms with Crippen molar-refractivity contribution in [1.82, 2.24) is 5.32 Å². The van der Waals surface area contributed by atoms with E-state index in [-0.39, 0.29) is 0 Å². The van der Waals surface area contributed by atoms with Crippen LogP contribution < -0.4 is 10.2 Å². The van der Waals surface area contributed by atoms with Crippen molar-refractivity contribution >= 4 is 5.69 Å². The van der Waals surface area contributed by atoms with Gasteiger partial charge in [-0.3, -0.25) is 0 Å². The van der Waals surface area contributed by atoms with Crippen LogP contribution in [0, 0.1) is 5.92 Å². The van der Waals surface area contributed by atoms with Gasteiger partial charge in [0.05, 0.1) is 0 Å². The zero-order valence-corrected chi connectivity index (χ0v) is 10.7. The van der Waals surface area contributed by atoms with Crippen molar-refractivity contribution in [2.45, 2.75) is 25.7 Å². The van der Waals surface area contributed by atoms with Crippen LogP contribution in [0.4, 0.5) is 5.69 Å². The average molecular weight is 230 g/mol. The number of nitrogens with zero attached hydrogens (tertiary/aromatic N) is 1. The molecule has 92 valence electrons. The number of rotatable bonds is 2. The number of hydrogen-bond donors (Lipinski definition) is 1. The summed E-state index contributed by atoms with van der Waals surface area (Å²) >= 11 is 0. The second-order valence-electron chi connectivity index (χ2n) is 5.55. The Morgan fingerprint density at radius 1 is 1.41 bits per heavy atom. The fraction of sp³-hybridized carbons (Fsp3) is 0.600. The van der Waals surface area contributed by atoms with Gasteiger partial charge in [0.2, 0.25) is 0 Å². The van der Waals surface area contributed by atoms with Crippen molar-refractivity contribution < 1.29 is 0 Å². The first-order valence-electron chi connectivity index (χ1n) is 6.86. The molecule has 0 aromatic heterocycles. The van der Waals surface area contributed by atoms with E-state index in [9.17, 15) is 0 Å². The molecular weight excluding hydrogens is 208 g/mol. The molecule has 2 aliphatic heterocycles. The minimum atomic E-state index is 0.849. The number of nitrogens with one attached hydrogen (secondary N) is 1. The van der Waals surface area contributed by atoms with Gasteiger partial charge in [-0.15, -0.1) is 0 Å². The van der Waals surface area contributed by atoms with Gasteiger partial charge in [-0.05, 0) is 61.9 Å². The minimum Gasteiger partial charge on any atom is -0.374 e. The highest BCUT2D eigenvalue weighted by atomic mass is 15.1. The summed E-state index contributed by atoms with van der Waals surface area (Å²) in [6, 6.07) is 7.12. The zero-order valence-electron chi connectivity index (χ0n) is 10.7. The Hall–Kier alpha value is -1.02. The summed E-state index contributed by atoms with van der Waals surface area (Å²) in [5.74, 6) is 0.849. The Bertz CT molecular complexity index is 394. The van der Waals surface area contributed by atoms with Crippen molar-refractivity contribution in [3.05, 3.63) is 29.3 Å². The summed E-state index contributed by atoms with van der Waals surface area (Å²) in [6.45, 7) is 3.61. The summed E-state index contributed by atoms with van der Waals surface area (Å²) in [4.78, 5) is 2.41. The second kappa shape index (κ2) is 4.69. The maximum atomic E-state index is 3.45. The molecule has 0 spiro atoms. The van der Waals surface area contributed by atoms with Crippen molar-refractivity contribution in [2.24, 2.45) is 5.92 Å². The number of hydrogen-bond acceptors (Lipinski definition) is 2. The van der Waals surface area contributed by atoms with Crippen LogP contribution in [0.2, 0.25) is 0 Å². The van der Waals surface area contributed by atoms with Gasteiger partial charge in [0.25, 0.3) is 0 Å². The molecule has 0 amide bonds. The van der Waals surface area contributed by atoms with Gasteiger partial charge in [0.15, 0.2) is 0 Å². The average Bonchev–Trinajstić information content (AvgIpc) is 2.83. The Kier molecular flexibility index (Phi) is 3.06. The molecule has 1 unspecified atom stereocenters. The van der Waals surface area contributed by atoms with Crippen molar-refractivity contribution in [3.8, 4) is 0 Å². The van der Waals surface area contributed by atoms with E-state index in [4.69, 9.17) is 0 Å². The van der Waals surface area contributed by atoms with Crippen LogP contribution in [0.1, 0.15) is 24.0 Å². The first kappa shape index (κ1) is 11.1. The molecule has 2 nitrogen and oxygen atoms in total. The second-order valence-corrected chi connectivity index (χ2v) is 5.55. The van der Waals surface area contributed by atoms with Crippen LogP contribution in [0.15, 0.2) is 18.2 Å². The molecule has 1 N–H and O–H groups in total. The van der Waals surface area contributed by atoms with Gasteiger partial charge in [-0.1, -0.05) is 12.1 Å². The Balaban J connectivity index is 1.79. The van der Waals surface area contributed by atoms with Crippen LogP contribution >= 0.6 is 0 Å². The van der Waals surface area contributed by atoms with Gasteiger partial charge in [0.1, 0.15) is 0 Å². The van der Waals surface area contributed by atoms with E-state index in [1.54, 1.807) is 0 Å². The lowest BCUT2D eigenvalue weighted by Gasteiger charge is -2.28. The number of fused-ring (bicyclic) bond motifs is 1. The van der Waals surface area contributed by atoms with E-state index >= 15 is 0 Å². The van der Waals surface area contributed by atoms with Crippen molar-refractivity contribution in [3.63, 3.8) is 0 Å².